The van der Waals surface area contributed by atoms with Crippen molar-refractivity contribution < 1.29 is 23.6 Å². The maximum atomic E-state index is 12.0. The van der Waals surface area contributed by atoms with Gasteiger partial charge in [0.15, 0.2) is 13.2 Å². The number of aromatic nitrogens is 1. The van der Waals surface area contributed by atoms with Crippen LogP contribution in [0.4, 0.5) is 5.88 Å². The monoisotopic (exact) mass is 422 g/mol. The normalized spacial score (nSPS) is 11.1. The van der Waals surface area contributed by atoms with Crippen molar-refractivity contribution in [1.82, 2.24) is 5.16 Å². The zero-order valence-electron chi connectivity index (χ0n) is 17.9. The average molecular weight is 422 g/mol. The molecule has 0 saturated carbocycles. The lowest BCUT2D eigenvalue weighted by molar-refractivity contribution is -0.149. The molecule has 1 N–H and O–H groups in total. The van der Waals surface area contributed by atoms with Crippen molar-refractivity contribution in [3.8, 4) is 5.75 Å². The second-order valence-corrected chi connectivity index (χ2v) is 8.09. The summed E-state index contributed by atoms with van der Waals surface area (Å²) in [4.78, 5) is 24.0. The summed E-state index contributed by atoms with van der Waals surface area (Å²) in [6.07, 6.45) is 0.683. The fourth-order valence-corrected chi connectivity index (χ4v) is 2.79. The summed E-state index contributed by atoms with van der Waals surface area (Å²) in [7, 11) is 0. The number of amides is 1. The molecule has 0 bridgehead atoms. The number of benzene rings is 2. The van der Waals surface area contributed by atoms with E-state index in [0.717, 1.165) is 11.1 Å². The van der Waals surface area contributed by atoms with Gasteiger partial charge in [-0.25, -0.2) is 4.79 Å². The first-order valence-corrected chi connectivity index (χ1v) is 9.98. The first kappa shape index (κ1) is 22.1. The van der Waals surface area contributed by atoms with E-state index >= 15 is 0 Å². The maximum Gasteiger partial charge on any atom is 0.344 e. The molecule has 2 aromatic carbocycles. The van der Waals surface area contributed by atoms with Gasteiger partial charge in [-0.05, 0) is 17.2 Å². The van der Waals surface area contributed by atoms with Crippen molar-refractivity contribution in [3.63, 3.8) is 0 Å². The van der Waals surface area contributed by atoms with Gasteiger partial charge in [-0.3, -0.25) is 10.1 Å². The molecule has 1 heterocycles. The third-order valence-electron chi connectivity index (χ3n) is 4.46. The van der Waals surface area contributed by atoms with Gasteiger partial charge in [-0.1, -0.05) is 74.5 Å². The van der Waals surface area contributed by atoms with Gasteiger partial charge in [-0.2, -0.15) is 0 Å². The third-order valence-corrected chi connectivity index (χ3v) is 4.46. The number of para-hydroxylation sites is 1. The molecular weight excluding hydrogens is 396 g/mol. The van der Waals surface area contributed by atoms with Crippen LogP contribution in [0.25, 0.3) is 0 Å². The Labute approximate surface area is 181 Å². The molecule has 162 valence electrons. The Morgan fingerprint density at radius 3 is 2.42 bits per heavy atom. The quantitative estimate of drug-likeness (QED) is 0.549. The zero-order chi connectivity index (χ0) is 22.3. The van der Waals surface area contributed by atoms with Crippen molar-refractivity contribution in [2.45, 2.75) is 32.6 Å². The van der Waals surface area contributed by atoms with Crippen LogP contribution in [-0.2, 0) is 26.2 Å². The number of esters is 1. The topological polar surface area (TPSA) is 90.7 Å². The molecule has 7 heteroatoms. The lowest BCUT2D eigenvalue weighted by Gasteiger charge is -2.12. The molecule has 0 unspecified atom stereocenters. The van der Waals surface area contributed by atoms with Crippen LogP contribution in [0.15, 0.2) is 65.2 Å². The largest absolute Gasteiger partial charge is 0.482 e. The number of ether oxygens (including phenoxy) is 2. The summed E-state index contributed by atoms with van der Waals surface area (Å²) < 4.78 is 15.7. The molecule has 0 atom stereocenters. The van der Waals surface area contributed by atoms with Gasteiger partial charge in [-0.15, -0.1) is 0 Å². The van der Waals surface area contributed by atoms with Crippen molar-refractivity contribution in [1.29, 1.82) is 0 Å². The Balaban J connectivity index is 1.46. The molecule has 31 heavy (non-hydrogen) atoms. The van der Waals surface area contributed by atoms with Crippen LogP contribution in [0.1, 0.15) is 37.6 Å². The van der Waals surface area contributed by atoms with Gasteiger partial charge >= 0.3 is 5.97 Å². The molecule has 0 spiro atoms. The van der Waals surface area contributed by atoms with Crippen LogP contribution < -0.4 is 10.1 Å². The van der Waals surface area contributed by atoms with E-state index in [1.165, 1.54) is 0 Å². The van der Waals surface area contributed by atoms with E-state index in [-0.39, 0.29) is 17.9 Å². The van der Waals surface area contributed by atoms with E-state index in [1.54, 1.807) is 12.1 Å². The molecule has 1 aromatic heterocycles. The van der Waals surface area contributed by atoms with Gasteiger partial charge in [0.2, 0.25) is 5.88 Å². The summed E-state index contributed by atoms with van der Waals surface area (Å²) in [5.74, 6) is -0.353. The Kier molecular flexibility index (Phi) is 7.07. The minimum Gasteiger partial charge on any atom is -0.482 e. The van der Waals surface area contributed by atoms with E-state index in [1.807, 2.05) is 69.3 Å². The summed E-state index contributed by atoms with van der Waals surface area (Å²) in [5, 5.41) is 6.43. The second-order valence-electron chi connectivity index (χ2n) is 8.09. The first-order valence-electron chi connectivity index (χ1n) is 9.98. The number of carbonyl (C=O) groups excluding carboxylic acids is 2. The minimum atomic E-state index is -0.641. The van der Waals surface area contributed by atoms with Crippen LogP contribution in [0.3, 0.4) is 0 Å². The summed E-state index contributed by atoms with van der Waals surface area (Å²) in [6.45, 7) is 5.21. The number of nitrogens with one attached hydrogen (secondary N) is 1. The molecule has 1 amide bonds. The number of carbonyl (C=O) groups is 2. The Morgan fingerprint density at radius 2 is 1.71 bits per heavy atom. The van der Waals surface area contributed by atoms with E-state index in [4.69, 9.17) is 14.0 Å². The van der Waals surface area contributed by atoms with Crippen molar-refractivity contribution in [2.24, 2.45) is 0 Å². The highest BCUT2D eigenvalue weighted by molar-refractivity contribution is 5.91. The summed E-state index contributed by atoms with van der Waals surface area (Å²) in [6, 6.07) is 19.1. The Hall–Kier alpha value is -3.61. The number of anilines is 1. The highest BCUT2D eigenvalue weighted by Gasteiger charge is 2.20. The first-order chi connectivity index (χ1) is 14.8. The molecule has 0 saturated heterocycles. The Morgan fingerprint density at radius 1 is 1.00 bits per heavy atom. The molecule has 0 aliphatic carbocycles. The van der Waals surface area contributed by atoms with Crippen molar-refractivity contribution in [2.75, 3.05) is 18.5 Å². The van der Waals surface area contributed by atoms with Gasteiger partial charge in [0.05, 0.1) is 5.69 Å². The average Bonchev–Trinajstić information content (AvgIpc) is 3.21. The molecule has 0 aliphatic rings. The van der Waals surface area contributed by atoms with Crippen LogP contribution in [0, 0.1) is 0 Å². The number of nitrogens with zero attached hydrogens (tertiary/aromatic N) is 1. The fourth-order valence-electron chi connectivity index (χ4n) is 2.79. The molecule has 7 nitrogen and oxygen atoms in total. The maximum absolute atomic E-state index is 12.0. The van der Waals surface area contributed by atoms with E-state index in [2.05, 4.69) is 10.5 Å². The predicted octanol–water partition coefficient (Wildman–Crippen LogP) is 4.12. The fraction of sp³-hybridized carbons (Fsp3) is 0.292. The van der Waals surface area contributed by atoms with E-state index in [9.17, 15) is 9.59 Å². The SMILES string of the molecule is CC(C)(C)c1cc(NC(=O)COC(=O)COc2ccccc2Cc2ccccc2)on1. The predicted molar refractivity (Wildman–Crippen MR) is 116 cm³/mol. The lowest BCUT2D eigenvalue weighted by atomic mass is 9.92. The van der Waals surface area contributed by atoms with Crippen molar-refractivity contribution in [3.05, 3.63) is 77.5 Å². The number of rotatable bonds is 8. The second kappa shape index (κ2) is 9.93. The standard InChI is InChI=1S/C24H26N2O5/c1-24(2,3)20-14-22(31-26-20)25-21(27)15-30-23(28)16-29-19-12-8-7-11-18(19)13-17-9-5-4-6-10-17/h4-12,14H,13,15-16H2,1-3H3,(H,25,27). The van der Waals surface area contributed by atoms with Gasteiger partial charge < -0.3 is 14.0 Å². The summed E-state index contributed by atoms with van der Waals surface area (Å²) >= 11 is 0. The lowest BCUT2D eigenvalue weighted by Crippen LogP contribution is -2.23. The Bertz CT molecular complexity index is 1020. The van der Waals surface area contributed by atoms with Gasteiger partial charge in [0, 0.05) is 17.9 Å². The van der Waals surface area contributed by atoms with Crippen LogP contribution in [0.5, 0.6) is 5.75 Å². The smallest absolute Gasteiger partial charge is 0.344 e. The van der Waals surface area contributed by atoms with Crippen LogP contribution >= 0.6 is 0 Å². The van der Waals surface area contributed by atoms with Crippen LogP contribution in [-0.4, -0.2) is 30.2 Å². The highest BCUT2D eigenvalue weighted by Crippen LogP contribution is 2.24. The molecule has 0 fully saturated rings. The van der Waals surface area contributed by atoms with Gasteiger partial charge in [0.1, 0.15) is 5.75 Å². The molecule has 0 aliphatic heterocycles. The van der Waals surface area contributed by atoms with E-state index in [0.29, 0.717) is 17.9 Å². The summed E-state index contributed by atoms with van der Waals surface area (Å²) in [5.41, 5.74) is 2.61. The van der Waals surface area contributed by atoms with Crippen molar-refractivity contribution >= 4 is 17.8 Å². The van der Waals surface area contributed by atoms with E-state index < -0.39 is 18.5 Å². The third kappa shape index (κ3) is 6.70. The zero-order valence-corrected chi connectivity index (χ0v) is 17.9. The molecule has 3 aromatic rings. The number of hydrogen-bond acceptors (Lipinski definition) is 6. The van der Waals surface area contributed by atoms with Gasteiger partial charge in [0.25, 0.3) is 5.91 Å². The highest BCUT2D eigenvalue weighted by atomic mass is 16.6. The molecule has 0 radical (unpaired) electrons. The number of hydrogen-bond donors (Lipinski definition) is 1. The molecule has 3 rings (SSSR count). The molecular formula is C24H26N2O5. The minimum absolute atomic E-state index is 0.201. The van der Waals surface area contributed by atoms with Crippen LogP contribution in [0.2, 0.25) is 0 Å².